The summed E-state index contributed by atoms with van der Waals surface area (Å²) in [6.07, 6.45) is -0.553. The molecule has 1 atom stereocenters. The number of hydrogen-bond donors (Lipinski definition) is 0. The van der Waals surface area contributed by atoms with Gasteiger partial charge in [-0.1, -0.05) is 26.8 Å². The van der Waals surface area contributed by atoms with Crippen LogP contribution in [-0.2, 0) is 4.74 Å². The topological polar surface area (TPSA) is 26.3 Å². The number of halogens is 1. The van der Waals surface area contributed by atoms with Crippen LogP contribution in [0.25, 0.3) is 0 Å². The smallest absolute Gasteiger partial charge is 0.192 e. The Morgan fingerprint density at radius 2 is 2.00 bits per heavy atom. The first-order chi connectivity index (χ1) is 8.27. The lowest BCUT2D eigenvalue weighted by atomic mass is 9.83. The molecule has 0 aromatic heterocycles. The third-order valence-corrected chi connectivity index (χ3v) is 2.82. The Hall–Kier alpha value is -1.22. The third kappa shape index (κ3) is 3.39. The molecule has 0 saturated heterocycles. The van der Waals surface area contributed by atoms with E-state index in [9.17, 15) is 9.18 Å². The van der Waals surface area contributed by atoms with Gasteiger partial charge >= 0.3 is 0 Å². The fraction of sp³-hybridized carbons (Fsp3) is 0.533. The molecule has 1 rings (SSSR count). The molecule has 0 aliphatic heterocycles. The molecule has 2 nitrogen and oxygen atoms in total. The highest BCUT2D eigenvalue weighted by Crippen LogP contribution is 2.27. The summed E-state index contributed by atoms with van der Waals surface area (Å²) in [6, 6.07) is 4.27. The zero-order valence-corrected chi connectivity index (χ0v) is 11.7. The lowest BCUT2D eigenvalue weighted by Crippen LogP contribution is -2.37. The number of aryl methyl sites for hydroxylation is 1. The maximum atomic E-state index is 13.3. The van der Waals surface area contributed by atoms with Crippen LogP contribution in [0.2, 0.25) is 0 Å². The molecule has 0 N–H and O–H groups in total. The molecule has 0 bridgehead atoms. The van der Waals surface area contributed by atoms with E-state index in [4.69, 9.17) is 4.74 Å². The number of rotatable bonds is 4. The highest BCUT2D eigenvalue weighted by molar-refractivity contribution is 6.01. The van der Waals surface area contributed by atoms with Crippen molar-refractivity contribution < 1.29 is 13.9 Å². The Bertz CT molecular complexity index is 433. The largest absolute Gasteiger partial charge is 0.370 e. The number of ether oxygens (including phenoxy) is 1. The van der Waals surface area contributed by atoms with Crippen molar-refractivity contribution in [1.29, 1.82) is 0 Å². The molecule has 0 radical (unpaired) electrons. The lowest BCUT2D eigenvalue weighted by Gasteiger charge is -2.29. The van der Waals surface area contributed by atoms with Crippen LogP contribution in [0.3, 0.4) is 0 Å². The number of carbonyl (C=O) groups is 1. The predicted octanol–water partition coefficient (Wildman–Crippen LogP) is 3.77. The molecule has 0 saturated carbocycles. The molecule has 1 unspecified atom stereocenters. The highest BCUT2D eigenvalue weighted by atomic mass is 19.1. The van der Waals surface area contributed by atoms with Gasteiger partial charge in [-0.05, 0) is 37.0 Å². The highest BCUT2D eigenvalue weighted by Gasteiger charge is 2.33. The minimum absolute atomic E-state index is 0.152. The van der Waals surface area contributed by atoms with E-state index in [2.05, 4.69) is 0 Å². The van der Waals surface area contributed by atoms with Crippen LogP contribution in [0.1, 0.15) is 43.6 Å². The van der Waals surface area contributed by atoms with Gasteiger partial charge in [-0.15, -0.1) is 0 Å². The summed E-state index contributed by atoms with van der Waals surface area (Å²) in [7, 11) is 0. The molecule has 0 heterocycles. The summed E-state index contributed by atoms with van der Waals surface area (Å²) in [6.45, 7) is 9.95. The van der Waals surface area contributed by atoms with E-state index in [0.717, 1.165) is 5.56 Å². The van der Waals surface area contributed by atoms with Crippen LogP contribution in [0.15, 0.2) is 18.2 Å². The van der Waals surface area contributed by atoms with Crippen LogP contribution in [0.5, 0.6) is 0 Å². The normalized spacial score (nSPS) is 13.4. The number of Topliss-reactive ketones (excluding diaryl/α,β-unsaturated/α-hetero) is 1. The first-order valence-electron chi connectivity index (χ1n) is 6.19. The van der Waals surface area contributed by atoms with Crippen molar-refractivity contribution in [2.75, 3.05) is 6.61 Å². The summed E-state index contributed by atoms with van der Waals surface area (Å²) in [5, 5.41) is 0. The lowest BCUT2D eigenvalue weighted by molar-refractivity contribution is -0.000288. The number of hydrogen-bond acceptors (Lipinski definition) is 2. The molecule has 0 fully saturated rings. The zero-order valence-electron chi connectivity index (χ0n) is 11.7. The Kier molecular flexibility index (Phi) is 4.63. The van der Waals surface area contributed by atoms with Gasteiger partial charge < -0.3 is 4.74 Å². The Morgan fingerprint density at radius 1 is 1.39 bits per heavy atom. The van der Waals surface area contributed by atoms with Gasteiger partial charge in [0, 0.05) is 12.2 Å². The fourth-order valence-corrected chi connectivity index (χ4v) is 1.89. The Morgan fingerprint density at radius 3 is 2.50 bits per heavy atom. The molecule has 0 amide bonds. The third-order valence-electron chi connectivity index (χ3n) is 2.82. The van der Waals surface area contributed by atoms with E-state index < -0.39 is 11.9 Å². The van der Waals surface area contributed by atoms with E-state index in [1.54, 1.807) is 13.0 Å². The summed E-state index contributed by atoms with van der Waals surface area (Å²) < 4.78 is 18.8. The molecule has 0 spiro atoms. The summed E-state index contributed by atoms with van der Waals surface area (Å²) in [4.78, 5) is 12.5. The summed E-state index contributed by atoms with van der Waals surface area (Å²) >= 11 is 0. The predicted molar refractivity (Wildman–Crippen MR) is 70.3 cm³/mol. The molecule has 3 heteroatoms. The first-order valence-corrected chi connectivity index (χ1v) is 6.19. The maximum absolute atomic E-state index is 13.3. The van der Waals surface area contributed by atoms with Crippen molar-refractivity contribution in [3.8, 4) is 0 Å². The van der Waals surface area contributed by atoms with Gasteiger partial charge in [-0.3, -0.25) is 4.79 Å². The standard InChI is InChI=1S/C15H21FO2/c1-6-18-14(15(3,4)5)13(17)12-9-11(16)8-7-10(12)2/h7-9,14H,6H2,1-5H3. The van der Waals surface area contributed by atoms with E-state index in [0.29, 0.717) is 12.2 Å². The maximum Gasteiger partial charge on any atom is 0.192 e. The van der Waals surface area contributed by atoms with Gasteiger partial charge in [0.25, 0.3) is 0 Å². The average molecular weight is 252 g/mol. The van der Waals surface area contributed by atoms with Crippen LogP contribution in [0.4, 0.5) is 4.39 Å². The van der Waals surface area contributed by atoms with Crippen molar-refractivity contribution in [1.82, 2.24) is 0 Å². The molecule has 100 valence electrons. The van der Waals surface area contributed by atoms with Crippen molar-refractivity contribution in [2.45, 2.75) is 40.7 Å². The van der Waals surface area contributed by atoms with Gasteiger partial charge in [-0.25, -0.2) is 4.39 Å². The Labute approximate surface area is 108 Å². The first kappa shape index (κ1) is 14.8. The number of carbonyl (C=O) groups excluding carboxylic acids is 1. The molecule has 1 aromatic carbocycles. The summed E-state index contributed by atoms with van der Waals surface area (Å²) in [5.41, 5.74) is 0.866. The second-order valence-electron chi connectivity index (χ2n) is 5.52. The fourth-order valence-electron chi connectivity index (χ4n) is 1.89. The zero-order chi connectivity index (χ0) is 13.9. The minimum Gasteiger partial charge on any atom is -0.370 e. The Balaban J connectivity index is 3.13. The minimum atomic E-state index is -0.553. The van der Waals surface area contributed by atoms with E-state index >= 15 is 0 Å². The molecule has 0 aliphatic rings. The van der Waals surface area contributed by atoms with Crippen molar-refractivity contribution >= 4 is 5.78 Å². The molecule has 0 aliphatic carbocycles. The molecule has 1 aromatic rings. The average Bonchev–Trinajstić information content (AvgIpc) is 2.27. The van der Waals surface area contributed by atoms with E-state index in [1.165, 1.54) is 12.1 Å². The van der Waals surface area contributed by atoms with Crippen LogP contribution >= 0.6 is 0 Å². The van der Waals surface area contributed by atoms with E-state index in [-0.39, 0.29) is 11.2 Å². The van der Waals surface area contributed by atoms with Crippen LogP contribution in [-0.4, -0.2) is 18.5 Å². The number of benzene rings is 1. The molecular formula is C15H21FO2. The van der Waals surface area contributed by atoms with Crippen LogP contribution < -0.4 is 0 Å². The monoisotopic (exact) mass is 252 g/mol. The molecular weight excluding hydrogens is 231 g/mol. The van der Waals surface area contributed by atoms with Gasteiger partial charge in [-0.2, -0.15) is 0 Å². The number of ketones is 1. The van der Waals surface area contributed by atoms with Gasteiger partial charge in [0.1, 0.15) is 11.9 Å². The van der Waals surface area contributed by atoms with Crippen molar-refractivity contribution in [3.63, 3.8) is 0 Å². The van der Waals surface area contributed by atoms with Gasteiger partial charge in [0.2, 0.25) is 0 Å². The van der Waals surface area contributed by atoms with Crippen molar-refractivity contribution in [3.05, 3.63) is 35.1 Å². The second kappa shape index (κ2) is 5.61. The second-order valence-corrected chi connectivity index (χ2v) is 5.52. The van der Waals surface area contributed by atoms with Crippen molar-refractivity contribution in [2.24, 2.45) is 5.41 Å². The van der Waals surface area contributed by atoms with Crippen LogP contribution in [0, 0.1) is 18.2 Å². The quantitative estimate of drug-likeness (QED) is 0.762. The van der Waals surface area contributed by atoms with Gasteiger partial charge in [0.05, 0.1) is 0 Å². The van der Waals surface area contributed by atoms with Gasteiger partial charge in [0.15, 0.2) is 5.78 Å². The summed E-state index contributed by atoms with van der Waals surface area (Å²) in [5.74, 6) is -0.547. The van der Waals surface area contributed by atoms with E-state index in [1.807, 2.05) is 27.7 Å². The SMILES string of the molecule is CCOC(C(=O)c1cc(F)ccc1C)C(C)(C)C. The molecule has 18 heavy (non-hydrogen) atoms.